The van der Waals surface area contributed by atoms with Crippen LogP contribution in [-0.4, -0.2) is 0 Å². The van der Waals surface area contributed by atoms with Crippen molar-refractivity contribution in [3.63, 3.8) is 0 Å². The number of rotatable bonds is 4. The van der Waals surface area contributed by atoms with E-state index >= 15 is 0 Å². The first-order chi connectivity index (χ1) is 9.19. The minimum Gasteiger partial charge on any atom is -0.402 e. The van der Waals surface area contributed by atoms with Gasteiger partial charge in [0.15, 0.2) is 0 Å². The maximum absolute atomic E-state index is 6.14. The third-order valence-corrected chi connectivity index (χ3v) is 3.37. The van der Waals surface area contributed by atoms with Crippen LogP contribution in [-0.2, 0) is 12.8 Å². The highest BCUT2D eigenvalue weighted by Crippen LogP contribution is 2.13. The molecular formula is C18H21N. The van der Waals surface area contributed by atoms with Crippen molar-refractivity contribution in [1.29, 1.82) is 0 Å². The molecule has 0 aliphatic heterocycles. The van der Waals surface area contributed by atoms with Crippen molar-refractivity contribution in [2.45, 2.75) is 26.7 Å². The Balaban J connectivity index is 2.12. The van der Waals surface area contributed by atoms with Crippen LogP contribution in [0.3, 0.4) is 0 Å². The summed E-state index contributed by atoms with van der Waals surface area (Å²) in [4.78, 5) is 0. The van der Waals surface area contributed by atoms with Crippen molar-refractivity contribution >= 4 is 6.08 Å². The van der Waals surface area contributed by atoms with E-state index in [-0.39, 0.29) is 0 Å². The zero-order chi connectivity index (χ0) is 13.7. The van der Waals surface area contributed by atoms with E-state index in [9.17, 15) is 0 Å². The molecule has 0 heterocycles. The molecule has 0 saturated heterocycles. The van der Waals surface area contributed by atoms with Crippen LogP contribution >= 0.6 is 0 Å². The van der Waals surface area contributed by atoms with Gasteiger partial charge in [-0.1, -0.05) is 55.5 Å². The van der Waals surface area contributed by atoms with Crippen LogP contribution in [0.1, 0.15) is 29.2 Å². The minimum atomic E-state index is 0.804. The van der Waals surface area contributed by atoms with E-state index in [4.69, 9.17) is 5.73 Å². The second-order valence-corrected chi connectivity index (χ2v) is 4.92. The molecular weight excluding hydrogens is 230 g/mol. The van der Waals surface area contributed by atoms with E-state index in [1.54, 1.807) is 0 Å². The Hall–Kier alpha value is -2.02. The second kappa shape index (κ2) is 6.24. The molecule has 2 N–H and O–H groups in total. The molecule has 2 rings (SSSR count). The van der Waals surface area contributed by atoms with E-state index in [1.165, 1.54) is 22.3 Å². The highest BCUT2D eigenvalue weighted by atomic mass is 14.6. The molecule has 2 aromatic rings. The van der Waals surface area contributed by atoms with Gasteiger partial charge in [-0.15, -0.1) is 0 Å². The van der Waals surface area contributed by atoms with Gasteiger partial charge in [0.1, 0.15) is 0 Å². The van der Waals surface area contributed by atoms with E-state index < -0.39 is 0 Å². The predicted octanol–water partition coefficient (Wildman–Crippen LogP) is 4.10. The summed E-state index contributed by atoms with van der Waals surface area (Å²) in [6.45, 7) is 4.27. The molecule has 0 unspecified atom stereocenters. The minimum absolute atomic E-state index is 0.804. The van der Waals surface area contributed by atoms with Gasteiger partial charge in [-0.25, -0.2) is 0 Å². The van der Waals surface area contributed by atoms with Crippen molar-refractivity contribution in [3.8, 4) is 0 Å². The SMILES string of the molecule is CCc1ccc(C/C(N)=C/c2ccccc2C)cc1. The lowest BCUT2D eigenvalue weighted by Gasteiger charge is -2.05. The third kappa shape index (κ3) is 3.72. The topological polar surface area (TPSA) is 26.0 Å². The summed E-state index contributed by atoms with van der Waals surface area (Å²) in [7, 11) is 0. The van der Waals surface area contributed by atoms with Crippen LogP contribution in [0.15, 0.2) is 54.2 Å². The molecule has 0 aliphatic carbocycles. The van der Waals surface area contributed by atoms with Crippen molar-refractivity contribution in [2.24, 2.45) is 5.73 Å². The quantitative estimate of drug-likeness (QED) is 0.870. The summed E-state index contributed by atoms with van der Waals surface area (Å²) in [5.74, 6) is 0. The van der Waals surface area contributed by atoms with Gasteiger partial charge in [-0.3, -0.25) is 0 Å². The van der Waals surface area contributed by atoms with Gasteiger partial charge in [0.05, 0.1) is 0 Å². The molecule has 98 valence electrons. The van der Waals surface area contributed by atoms with E-state index in [0.717, 1.165) is 18.5 Å². The summed E-state index contributed by atoms with van der Waals surface area (Å²) in [5, 5.41) is 0. The fourth-order valence-electron chi connectivity index (χ4n) is 2.13. The first kappa shape index (κ1) is 13.4. The van der Waals surface area contributed by atoms with Crippen LogP contribution in [0, 0.1) is 6.92 Å². The number of aryl methyl sites for hydroxylation is 2. The molecule has 0 saturated carbocycles. The maximum Gasteiger partial charge on any atom is 0.0131 e. The first-order valence-corrected chi connectivity index (χ1v) is 6.78. The largest absolute Gasteiger partial charge is 0.402 e. The smallest absolute Gasteiger partial charge is 0.0131 e. The number of benzene rings is 2. The van der Waals surface area contributed by atoms with Gasteiger partial charge >= 0.3 is 0 Å². The Morgan fingerprint density at radius 1 is 1.00 bits per heavy atom. The molecule has 0 fully saturated rings. The summed E-state index contributed by atoms with van der Waals surface area (Å²) in [5.41, 5.74) is 12.1. The van der Waals surface area contributed by atoms with Gasteiger partial charge in [0.2, 0.25) is 0 Å². The Labute approximate surface area is 115 Å². The highest BCUT2D eigenvalue weighted by molar-refractivity contribution is 5.56. The summed E-state index contributed by atoms with van der Waals surface area (Å²) < 4.78 is 0. The third-order valence-electron chi connectivity index (χ3n) is 3.37. The summed E-state index contributed by atoms with van der Waals surface area (Å²) in [6.07, 6.45) is 3.95. The molecule has 19 heavy (non-hydrogen) atoms. The van der Waals surface area contributed by atoms with Crippen LogP contribution in [0.2, 0.25) is 0 Å². The number of nitrogens with two attached hydrogens (primary N) is 1. The molecule has 0 aliphatic rings. The van der Waals surface area contributed by atoms with Crippen LogP contribution in [0.4, 0.5) is 0 Å². The van der Waals surface area contributed by atoms with E-state index in [0.29, 0.717) is 0 Å². The number of allylic oxidation sites excluding steroid dienone is 1. The zero-order valence-corrected chi connectivity index (χ0v) is 11.7. The molecule has 0 atom stereocenters. The summed E-state index contributed by atoms with van der Waals surface area (Å²) >= 11 is 0. The lowest BCUT2D eigenvalue weighted by atomic mass is 10.0. The standard InChI is InChI=1S/C18H21N/c1-3-15-8-10-16(11-9-15)12-18(19)13-17-7-5-4-6-14(17)2/h4-11,13H,3,12,19H2,1-2H3/b18-13-. The van der Waals surface area contributed by atoms with Crippen LogP contribution < -0.4 is 5.73 Å². The average Bonchev–Trinajstić information content (AvgIpc) is 2.42. The predicted molar refractivity (Wildman–Crippen MR) is 82.9 cm³/mol. The lowest BCUT2D eigenvalue weighted by molar-refractivity contribution is 1.10. The maximum atomic E-state index is 6.14. The Kier molecular flexibility index (Phi) is 4.40. The highest BCUT2D eigenvalue weighted by Gasteiger charge is 1.98. The monoisotopic (exact) mass is 251 g/mol. The molecule has 1 heteroatoms. The molecule has 0 bridgehead atoms. The Morgan fingerprint density at radius 3 is 2.26 bits per heavy atom. The molecule has 0 spiro atoms. The van der Waals surface area contributed by atoms with Crippen molar-refractivity contribution in [3.05, 3.63) is 76.5 Å². The fraction of sp³-hybridized carbons (Fsp3) is 0.222. The zero-order valence-electron chi connectivity index (χ0n) is 11.7. The van der Waals surface area contributed by atoms with Crippen LogP contribution in [0.5, 0.6) is 0 Å². The number of hydrogen-bond acceptors (Lipinski definition) is 1. The molecule has 1 nitrogen and oxygen atoms in total. The van der Waals surface area contributed by atoms with Gasteiger partial charge in [0.25, 0.3) is 0 Å². The van der Waals surface area contributed by atoms with Crippen molar-refractivity contribution < 1.29 is 0 Å². The Bertz CT molecular complexity index is 564. The fourth-order valence-corrected chi connectivity index (χ4v) is 2.13. The molecule has 0 radical (unpaired) electrons. The number of hydrogen-bond donors (Lipinski definition) is 1. The van der Waals surface area contributed by atoms with Gasteiger partial charge in [0, 0.05) is 12.1 Å². The molecule has 2 aromatic carbocycles. The van der Waals surface area contributed by atoms with Crippen LogP contribution in [0.25, 0.3) is 6.08 Å². The second-order valence-electron chi connectivity index (χ2n) is 4.92. The average molecular weight is 251 g/mol. The lowest BCUT2D eigenvalue weighted by Crippen LogP contribution is -2.01. The van der Waals surface area contributed by atoms with Crippen molar-refractivity contribution in [2.75, 3.05) is 0 Å². The van der Waals surface area contributed by atoms with E-state index in [2.05, 4.69) is 56.3 Å². The van der Waals surface area contributed by atoms with Gasteiger partial charge in [-0.05, 0) is 41.7 Å². The molecule has 0 aromatic heterocycles. The van der Waals surface area contributed by atoms with Crippen molar-refractivity contribution in [1.82, 2.24) is 0 Å². The first-order valence-electron chi connectivity index (χ1n) is 6.78. The molecule has 0 amide bonds. The summed E-state index contributed by atoms with van der Waals surface area (Å²) in [6, 6.07) is 17.0. The Morgan fingerprint density at radius 2 is 1.63 bits per heavy atom. The van der Waals surface area contributed by atoms with Gasteiger partial charge in [-0.2, -0.15) is 0 Å². The normalized spacial score (nSPS) is 11.6. The van der Waals surface area contributed by atoms with E-state index in [1.807, 2.05) is 12.1 Å². The van der Waals surface area contributed by atoms with Gasteiger partial charge < -0.3 is 5.73 Å².